The molecule has 0 aliphatic heterocycles. The van der Waals surface area contributed by atoms with Crippen LogP contribution in [0.4, 0.5) is 0 Å². The minimum atomic E-state index is -0.608. The lowest BCUT2D eigenvalue weighted by Crippen LogP contribution is -2.33. The van der Waals surface area contributed by atoms with Gasteiger partial charge < -0.3 is 10.1 Å². The molecule has 0 bridgehead atoms. The zero-order valence-corrected chi connectivity index (χ0v) is 19.9. The first-order valence-corrected chi connectivity index (χ1v) is 11.4. The van der Waals surface area contributed by atoms with E-state index in [0.717, 1.165) is 11.1 Å². The molecule has 2 aromatic heterocycles. The summed E-state index contributed by atoms with van der Waals surface area (Å²) < 4.78 is 7.08. The average molecular weight is 453 g/mol. The Balaban J connectivity index is 1.97. The Morgan fingerprint density at radius 3 is 2.55 bits per heavy atom. The number of rotatable bonds is 9. The largest absolute Gasteiger partial charge is 0.374 e. The van der Waals surface area contributed by atoms with Crippen molar-refractivity contribution in [3.05, 3.63) is 73.6 Å². The molecule has 33 heavy (non-hydrogen) atoms. The molecule has 8 nitrogen and oxygen atoms in total. The normalized spacial score (nSPS) is 11.5. The molecule has 0 saturated heterocycles. The van der Waals surface area contributed by atoms with Crippen LogP contribution in [0.3, 0.4) is 0 Å². The smallest absolute Gasteiger partial charge is 0.329 e. The summed E-state index contributed by atoms with van der Waals surface area (Å²) in [6.45, 7) is 11.0. The molecule has 3 aromatic rings. The molecule has 0 atom stereocenters. The van der Waals surface area contributed by atoms with Gasteiger partial charge in [-0.1, -0.05) is 45.0 Å². The number of amides is 1. The first-order valence-electron chi connectivity index (χ1n) is 11.4. The second-order valence-corrected chi connectivity index (χ2v) is 8.72. The highest BCUT2D eigenvalue weighted by Crippen LogP contribution is 2.20. The van der Waals surface area contributed by atoms with Gasteiger partial charge in [-0.05, 0) is 43.4 Å². The number of benzene rings is 1. The van der Waals surface area contributed by atoms with Crippen molar-refractivity contribution in [2.24, 2.45) is 0 Å². The summed E-state index contributed by atoms with van der Waals surface area (Å²) in [6, 6.07) is 9.46. The molecule has 0 aliphatic rings. The van der Waals surface area contributed by atoms with Crippen LogP contribution in [0.2, 0.25) is 0 Å². The van der Waals surface area contributed by atoms with Crippen LogP contribution in [-0.4, -0.2) is 26.5 Å². The fourth-order valence-corrected chi connectivity index (χ4v) is 3.57. The van der Waals surface area contributed by atoms with Gasteiger partial charge >= 0.3 is 5.69 Å². The van der Waals surface area contributed by atoms with Gasteiger partial charge in [0.25, 0.3) is 11.5 Å². The third-order valence-electron chi connectivity index (χ3n) is 5.28. The lowest BCUT2D eigenvalue weighted by Gasteiger charge is -2.15. The molecule has 2 N–H and O–H groups in total. The SMILES string of the molecule is CCCn1c(=O)[nH]c(=O)c2c(C(=O)NCc3cccc(COC(C)C)c3)cc(C(C)C)nc21. The van der Waals surface area contributed by atoms with Crippen molar-refractivity contribution in [1.82, 2.24) is 19.9 Å². The van der Waals surface area contributed by atoms with Gasteiger partial charge in [-0.3, -0.25) is 19.1 Å². The molecule has 0 aliphatic carbocycles. The highest BCUT2D eigenvalue weighted by molar-refractivity contribution is 6.05. The van der Waals surface area contributed by atoms with Crippen LogP contribution in [0.15, 0.2) is 39.9 Å². The lowest BCUT2D eigenvalue weighted by atomic mass is 10.0. The predicted molar refractivity (Wildman–Crippen MR) is 129 cm³/mol. The van der Waals surface area contributed by atoms with E-state index >= 15 is 0 Å². The first-order chi connectivity index (χ1) is 15.7. The standard InChI is InChI=1S/C25H32N4O4/c1-6-10-29-22-21(24(31)28-25(29)32)19(12-20(27-22)15(2)3)23(30)26-13-17-8-7-9-18(11-17)14-33-16(4)5/h7-9,11-12,15-16H,6,10,13-14H2,1-5H3,(H,26,30)(H,28,31,32). The number of fused-ring (bicyclic) bond motifs is 1. The average Bonchev–Trinajstić information content (AvgIpc) is 2.78. The minimum absolute atomic E-state index is 0.0167. The van der Waals surface area contributed by atoms with Crippen LogP contribution >= 0.6 is 0 Å². The number of pyridine rings is 1. The van der Waals surface area contributed by atoms with E-state index < -0.39 is 11.2 Å². The Labute approximate surface area is 193 Å². The van der Waals surface area contributed by atoms with E-state index in [9.17, 15) is 14.4 Å². The van der Waals surface area contributed by atoms with Crippen LogP contribution in [0.25, 0.3) is 11.0 Å². The van der Waals surface area contributed by atoms with Crippen LogP contribution in [0, 0.1) is 0 Å². The summed E-state index contributed by atoms with van der Waals surface area (Å²) >= 11 is 0. The van der Waals surface area contributed by atoms with Gasteiger partial charge in [0.1, 0.15) is 0 Å². The summed E-state index contributed by atoms with van der Waals surface area (Å²) in [6.07, 6.45) is 0.819. The topological polar surface area (TPSA) is 106 Å². The molecule has 1 aromatic carbocycles. The Bertz CT molecular complexity index is 1260. The first kappa shape index (κ1) is 24.4. The number of hydrogen-bond donors (Lipinski definition) is 2. The third-order valence-corrected chi connectivity index (χ3v) is 5.28. The van der Waals surface area contributed by atoms with Crippen molar-refractivity contribution in [2.45, 2.75) is 72.8 Å². The van der Waals surface area contributed by atoms with E-state index in [2.05, 4.69) is 15.3 Å². The quantitative estimate of drug-likeness (QED) is 0.517. The van der Waals surface area contributed by atoms with Crippen molar-refractivity contribution < 1.29 is 9.53 Å². The Kier molecular flexibility index (Phi) is 7.81. The molecule has 0 saturated carbocycles. The second kappa shape index (κ2) is 10.6. The number of carbonyl (C=O) groups is 1. The number of carbonyl (C=O) groups excluding carboxylic acids is 1. The summed E-state index contributed by atoms with van der Waals surface area (Å²) in [7, 11) is 0. The molecule has 1 amide bonds. The molecule has 0 unspecified atom stereocenters. The zero-order chi connectivity index (χ0) is 24.1. The maximum Gasteiger partial charge on any atom is 0.329 e. The Morgan fingerprint density at radius 2 is 1.88 bits per heavy atom. The van der Waals surface area contributed by atoms with E-state index in [4.69, 9.17) is 4.74 Å². The number of hydrogen-bond acceptors (Lipinski definition) is 5. The van der Waals surface area contributed by atoms with Crippen molar-refractivity contribution in [3.63, 3.8) is 0 Å². The molecule has 0 fully saturated rings. The van der Waals surface area contributed by atoms with Gasteiger partial charge in [0.2, 0.25) is 0 Å². The van der Waals surface area contributed by atoms with Gasteiger partial charge in [0.15, 0.2) is 5.65 Å². The van der Waals surface area contributed by atoms with E-state index in [-0.39, 0.29) is 34.5 Å². The van der Waals surface area contributed by atoms with Gasteiger partial charge in [-0.25, -0.2) is 9.78 Å². The minimum Gasteiger partial charge on any atom is -0.374 e. The number of aryl methyl sites for hydroxylation is 1. The molecule has 176 valence electrons. The van der Waals surface area contributed by atoms with Crippen LogP contribution in [0.5, 0.6) is 0 Å². The van der Waals surface area contributed by atoms with Crippen molar-refractivity contribution >= 4 is 16.9 Å². The predicted octanol–water partition coefficient (Wildman–Crippen LogP) is 3.47. The number of ether oxygens (including phenoxy) is 1. The summed E-state index contributed by atoms with van der Waals surface area (Å²) in [5.41, 5.74) is 1.93. The van der Waals surface area contributed by atoms with Crippen molar-refractivity contribution in [3.8, 4) is 0 Å². The van der Waals surface area contributed by atoms with Crippen molar-refractivity contribution in [2.75, 3.05) is 0 Å². The van der Waals surface area contributed by atoms with Crippen LogP contribution < -0.4 is 16.6 Å². The zero-order valence-electron chi connectivity index (χ0n) is 19.9. The molecule has 0 spiro atoms. The number of aromatic nitrogens is 3. The van der Waals surface area contributed by atoms with Crippen LogP contribution in [0.1, 0.15) is 74.1 Å². The highest BCUT2D eigenvalue weighted by atomic mass is 16.5. The van der Waals surface area contributed by atoms with E-state index in [1.807, 2.05) is 58.9 Å². The fraction of sp³-hybridized carbons (Fsp3) is 0.440. The summed E-state index contributed by atoms with van der Waals surface area (Å²) in [4.78, 5) is 45.2. The molecule has 0 radical (unpaired) electrons. The summed E-state index contributed by atoms with van der Waals surface area (Å²) in [5.74, 6) is -0.372. The van der Waals surface area contributed by atoms with Gasteiger partial charge in [-0.2, -0.15) is 0 Å². The third kappa shape index (κ3) is 5.76. The number of H-pyrrole nitrogens is 1. The molecule has 8 heteroatoms. The van der Waals surface area contributed by atoms with E-state index in [0.29, 0.717) is 31.8 Å². The number of aromatic amines is 1. The maximum absolute atomic E-state index is 13.2. The fourth-order valence-electron chi connectivity index (χ4n) is 3.57. The maximum atomic E-state index is 13.2. The number of nitrogens with zero attached hydrogens (tertiary/aromatic N) is 2. The van der Waals surface area contributed by atoms with E-state index in [1.165, 1.54) is 4.57 Å². The Morgan fingerprint density at radius 1 is 1.15 bits per heavy atom. The monoisotopic (exact) mass is 452 g/mol. The second-order valence-electron chi connectivity index (χ2n) is 8.72. The van der Waals surface area contributed by atoms with Crippen molar-refractivity contribution in [1.29, 1.82) is 0 Å². The number of nitrogens with one attached hydrogen (secondary N) is 2. The summed E-state index contributed by atoms with van der Waals surface area (Å²) in [5, 5.41) is 3.04. The van der Waals surface area contributed by atoms with Gasteiger partial charge in [-0.15, -0.1) is 0 Å². The lowest BCUT2D eigenvalue weighted by molar-refractivity contribution is 0.0657. The molecular formula is C25H32N4O4. The van der Waals surface area contributed by atoms with Crippen LogP contribution in [-0.2, 0) is 24.4 Å². The molecule has 2 heterocycles. The van der Waals surface area contributed by atoms with Gasteiger partial charge in [0, 0.05) is 18.8 Å². The van der Waals surface area contributed by atoms with Gasteiger partial charge in [0.05, 0.1) is 23.7 Å². The highest BCUT2D eigenvalue weighted by Gasteiger charge is 2.20. The Hall–Kier alpha value is -3.26. The van der Waals surface area contributed by atoms with E-state index in [1.54, 1.807) is 6.07 Å². The molecule has 3 rings (SSSR count). The molecular weight excluding hydrogens is 420 g/mol.